The number of rotatable bonds is 3. The first-order valence-electron chi connectivity index (χ1n) is 7.79. The Labute approximate surface area is 162 Å². The Bertz CT molecular complexity index is 1220. The molecule has 8 heteroatoms. The molecule has 3 aromatic heterocycles. The van der Waals surface area contributed by atoms with Gasteiger partial charge < -0.3 is 4.74 Å². The number of fused-ring (bicyclic) bond motifs is 2. The zero-order chi connectivity index (χ0) is 18.4. The fourth-order valence-corrected chi connectivity index (χ4v) is 4.21. The summed E-state index contributed by atoms with van der Waals surface area (Å²) in [4.78, 5) is 21.9. The Kier molecular flexibility index (Phi) is 4.34. The molecular weight excluding hydrogens is 393 g/mol. The van der Waals surface area contributed by atoms with Crippen molar-refractivity contribution in [2.24, 2.45) is 0 Å². The molecule has 0 aliphatic heterocycles. The molecule has 0 saturated heterocycles. The van der Waals surface area contributed by atoms with Crippen LogP contribution in [0.25, 0.3) is 15.9 Å². The molecule has 0 unspecified atom stereocenters. The van der Waals surface area contributed by atoms with Gasteiger partial charge in [0.15, 0.2) is 10.7 Å². The molecule has 0 bridgehead atoms. The van der Waals surface area contributed by atoms with Crippen LogP contribution in [-0.4, -0.2) is 14.4 Å². The van der Waals surface area contributed by atoms with E-state index in [1.54, 1.807) is 10.5 Å². The van der Waals surface area contributed by atoms with Crippen LogP contribution in [-0.2, 0) is 6.61 Å². The number of benzene rings is 1. The number of hydrogen-bond acceptors (Lipinski definition) is 5. The van der Waals surface area contributed by atoms with Gasteiger partial charge in [-0.25, -0.2) is 9.97 Å². The molecular formula is C18H13Cl2N3O2S. The molecule has 0 saturated carbocycles. The number of nitrogens with zero attached hydrogens (tertiary/aromatic N) is 3. The molecule has 4 aromatic rings. The molecule has 0 aliphatic rings. The minimum Gasteiger partial charge on any atom is -0.483 e. The minimum atomic E-state index is -0.131. The van der Waals surface area contributed by atoms with Crippen LogP contribution in [0.15, 0.2) is 34.4 Å². The smallest absolute Gasteiger partial charge is 0.259 e. The van der Waals surface area contributed by atoms with E-state index in [0.29, 0.717) is 32.0 Å². The first kappa shape index (κ1) is 17.3. The molecule has 0 amide bonds. The number of pyridine rings is 1. The van der Waals surface area contributed by atoms with Crippen LogP contribution in [0.3, 0.4) is 0 Å². The van der Waals surface area contributed by atoms with E-state index >= 15 is 0 Å². The average Bonchev–Trinajstić information content (AvgIpc) is 2.96. The molecule has 132 valence electrons. The fourth-order valence-electron chi connectivity index (χ4n) is 2.75. The molecule has 0 aliphatic carbocycles. The molecule has 4 rings (SSSR count). The Morgan fingerprint density at radius 3 is 2.77 bits per heavy atom. The summed E-state index contributed by atoms with van der Waals surface area (Å²) in [7, 11) is 0. The normalized spacial score (nSPS) is 11.4. The summed E-state index contributed by atoms with van der Waals surface area (Å²) >= 11 is 14.0. The van der Waals surface area contributed by atoms with E-state index in [2.05, 4.69) is 9.97 Å². The first-order chi connectivity index (χ1) is 12.4. The van der Waals surface area contributed by atoms with E-state index in [4.69, 9.17) is 27.9 Å². The van der Waals surface area contributed by atoms with Crippen molar-refractivity contribution in [1.29, 1.82) is 0 Å². The predicted octanol–water partition coefficient (Wildman–Crippen LogP) is 4.81. The van der Waals surface area contributed by atoms with Crippen molar-refractivity contribution < 1.29 is 4.74 Å². The average molecular weight is 406 g/mol. The largest absolute Gasteiger partial charge is 0.483 e. The van der Waals surface area contributed by atoms with Crippen LogP contribution in [0.2, 0.25) is 10.0 Å². The van der Waals surface area contributed by atoms with E-state index in [9.17, 15) is 4.79 Å². The van der Waals surface area contributed by atoms with Gasteiger partial charge in [0.25, 0.3) is 5.56 Å². The highest BCUT2D eigenvalue weighted by atomic mass is 35.5. The van der Waals surface area contributed by atoms with Crippen molar-refractivity contribution in [3.8, 4) is 5.75 Å². The molecule has 26 heavy (non-hydrogen) atoms. The molecule has 0 radical (unpaired) electrons. The summed E-state index contributed by atoms with van der Waals surface area (Å²) in [5, 5.41) is 3.53. The topological polar surface area (TPSA) is 56.5 Å². The van der Waals surface area contributed by atoms with E-state index in [1.165, 1.54) is 17.4 Å². The second kappa shape index (κ2) is 6.54. The number of ether oxygens (including phenoxy) is 1. The lowest BCUT2D eigenvalue weighted by atomic mass is 10.2. The highest BCUT2D eigenvalue weighted by Gasteiger charge is 2.14. The van der Waals surface area contributed by atoms with Gasteiger partial charge in [0, 0.05) is 28.2 Å². The second-order valence-corrected chi connectivity index (χ2v) is 7.54. The maximum Gasteiger partial charge on any atom is 0.259 e. The van der Waals surface area contributed by atoms with Gasteiger partial charge >= 0.3 is 0 Å². The zero-order valence-corrected chi connectivity index (χ0v) is 16.2. The standard InChI is InChI=1S/C18H13Cl2N3O2S/c1-9-3-4-12-13(19)6-14(20)17(16(12)21-9)25-7-11-5-15(24)23-10(2)8-26-18(23)22-11/h3-6,8H,7H2,1-2H3. The Balaban J connectivity index is 1.74. The number of hydrogen-bond donors (Lipinski definition) is 0. The molecule has 0 atom stereocenters. The predicted molar refractivity (Wildman–Crippen MR) is 105 cm³/mol. The highest BCUT2D eigenvalue weighted by molar-refractivity contribution is 7.15. The van der Waals surface area contributed by atoms with E-state index < -0.39 is 0 Å². The second-order valence-electron chi connectivity index (χ2n) is 5.89. The summed E-state index contributed by atoms with van der Waals surface area (Å²) in [5.41, 5.74) is 2.68. The van der Waals surface area contributed by atoms with Crippen LogP contribution in [0.5, 0.6) is 5.75 Å². The molecule has 0 fully saturated rings. The van der Waals surface area contributed by atoms with Gasteiger partial charge in [-0.2, -0.15) is 0 Å². The van der Waals surface area contributed by atoms with Crippen LogP contribution in [0.4, 0.5) is 0 Å². The number of thiazole rings is 1. The SMILES string of the molecule is Cc1ccc2c(Cl)cc(Cl)c(OCc3cc(=O)n4c(C)csc4n3)c2n1. The number of aryl methyl sites for hydroxylation is 2. The van der Waals surface area contributed by atoms with Crippen LogP contribution in [0.1, 0.15) is 17.1 Å². The maximum atomic E-state index is 12.3. The molecule has 0 spiro atoms. The molecule has 5 nitrogen and oxygen atoms in total. The third-order valence-corrected chi connectivity index (χ3v) is 5.51. The van der Waals surface area contributed by atoms with Gasteiger partial charge in [0.2, 0.25) is 0 Å². The zero-order valence-electron chi connectivity index (χ0n) is 13.9. The Morgan fingerprint density at radius 1 is 1.15 bits per heavy atom. The van der Waals surface area contributed by atoms with E-state index in [1.807, 2.05) is 31.4 Å². The lowest BCUT2D eigenvalue weighted by Gasteiger charge is -2.12. The summed E-state index contributed by atoms with van der Waals surface area (Å²) < 4.78 is 7.47. The number of halogens is 2. The van der Waals surface area contributed by atoms with E-state index in [0.717, 1.165) is 16.8 Å². The van der Waals surface area contributed by atoms with Crippen LogP contribution >= 0.6 is 34.5 Å². The Morgan fingerprint density at radius 2 is 1.96 bits per heavy atom. The van der Waals surface area contributed by atoms with Gasteiger partial charge in [0.05, 0.1) is 15.7 Å². The number of aromatic nitrogens is 3. The van der Waals surface area contributed by atoms with Gasteiger partial charge in [-0.1, -0.05) is 23.2 Å². The maximum absolute atomic E-state index is 12.3. The van der Waals surface area contributed by atoms with Crippen molar-refractivity contribution in [2.75, 3.05) is 0 Å². The van der Waals surface area contributed by atoms with Crippen LogP contribution in [0, 0.1) is 13.8 Å². The third kappa shape index (κ3) is 2.94. The summed E-state index contributed by atoms with van der Waals surface area (Å²) in [5.74, 6) is 0.430. The molecule has 1 aromatic carbocycles. The van der Waals surface area contributed by atoms with Crippen molar-refractivity contribution >= 4 is 50.4 Å². The van der Waals surface area contributed by atoms with Crippen molar-refractivity contribution in [2.45, 2.75) is 20.5 Å². The third-order valence-electron chi connectivity index (χ3n) is 3.97. The summed E-state index contributed by atoms with van der Waals surface area (Å²) in [6, 6.07) is 6.86. The monoisotopic (exact) mass is 405 g/mol. The van der Waals surface area contributed by atoms with E-state index in [-0.39, 0.29) is 12.2 Å². The Hall–Kier alpha value is -2.15. The highest BCUT2D eigenvalue weighted by Crippen LogP contribution is 2.37. The quantitative estimate of drug-likeness (QED) is 0.490. The summed E-state index contributed by atoms with van der Waals surface area (Å²) in [6.07, 6.45) is 0. The molecule has 0 N–H and O–H groups in total. The van der Waals surface area contributed by atoms with Gasteiger partial charge in [-0.05, 0) is 32.0 Å². The van der Waals surface area contributed by atoms with Crippen molar-refractivity contribution in [1.82, 2.24) is 14.4 Å². The van der Waals surface area contributed by atoms with Gasteiger partial charge in [0.1, 0.15) is 12.1 Å². The minimum absolute atomic E-state index is 0.106. The fraction of sp³-hybridized carbons (Fsp3) is 0.167. The first-order valence-corrected chi connectivity index (χ1v) is 9.42. The van der Waals surface area contributed by atoms with Crippen molar-refractivity contribution in [3.63, 3.8) is 0 Å². The van der Waals surface area contributed by atoms with Crippen molar-refractivity contribution in [3.05, 3.63) is 67.1 Å². The lowest BCUT2D eigenvalue weighted by molar-refractivity contribution is 0.304. The van der Waals surface area contributed by atoms with Gasteiger partial charge in [-0.3, -0.25) is 9.20 Å². The van der Waals surface area contributed by atoms with Gasteiger partial charge in [-0.15, -0.1) is 11.3 Å². The summed E-state index contributed by atoms with van der Waals surface area (Å²) in [6.45, 7) is 3.86. The van der Waals surface area contributed by atoms with Crippen LogP contribution < -0.4 is 10.3 Å². The lowest BCUT2D eigenvalue weighted by Crippen LogP contribution is -2.16. The molecule has 3 heterocycles.